The Hall–Kier alpha value is -1.97. The summed E-state index contributed by atoms with van der Waals surface area (Å²) >= 11 is 0. The van der Waals surface area contributed by atoms with Gasteiger partial charge in [0.1, 0.15) is 13.2 Å². The number of carboxylic acid groups (broad SMARTS) is 1. The summed E-state index contributed by atoms with van der Waals surface area (Å²) in [6.07, 6.45) is 48.3. The number of unbranched alkanes of at least 4 members (excludes halogenated alkanes) is 33. The van der Waals surface area contributed by atoms with Gasteiger partial charge in [0.2, 0.25) is 0 Å². The molecule has 0 radical (unpaired) electrons. The largest absolute Gasteiger partial charge is 0.545 e. The van der Waals surface area contributed by atoms with E-state index in [0.29, 0.717) is 17.4 Å². The summed E-state index contributed by atoms with van der Waals surface area (Å²) < 4.78 is 22.6. The first-order valence-electron chi connectivity index (χ1n) is 26.8. The average Bonchev–Trinajstić information content (AvgIpc) is 3.24. The number of hydrogen-bond acceptors (Lipinski definition) is 8. The lowest BCUT2D eigenvalue weighted by Crippen LogP contribution is -2.44. The van der Waals surface area contributed by atoms with Crippen molar-refractivity contribution in [1.82, 2.24) is 0 Å². The Morgan fingerprint density at radius 1 is 0.460 bits per heavy atom. The van der Waals surface area contributed by atoms with E-state index in [9.17, 15) is 19.5 Å². The number of carboxylic acids is 1. The second-order valence-corrected chi connectivity index (χ2v) is 19.5. The molecule has 0 heterocycles. The number of allylic oxidation sites excluding steroid dienone is 2. The van der Waals surface area contributed by atoms with Crippen LogP contribution in [-0.4, -0.2) is 82.3 Å². The minimum atomic E-state index is -1.61. The molecule has 0 aliphatic heterocycles. The van der Waals surface area contributed by atoms with Crippen LogP contribution in [-0.2, 0) is 33.3 Å². The molecule has 0 aromatic heterocycles. The molecule has 0 amide bonds. The van der Waals surface area contributed by atoms with E-state index >= 15 is 0 Å². The summed E-state index contributed by atoms with van der Waals surface area (Å²) in [5.41, 5.74) is 0. The zero-order valence-electron chi connectivity index (χ0n) is 42.2. The van der Waals surface area contributed by atoms with Crippen molar-refractivity contribution in [2.24, 2.45) is 0 Å². The Labute approximate surface area is 389 Å². The summed E-state index contributed by atoms with van der Waals surface area (Å²) in [6, 6.07) is 0. The van der Waals surface area contributed by atoms with E-state index in [1.807, 2.05) is 21.1 Å². The third-order valence-electron chi connectivity index (χ3n) is 12.0. The Kier molecular flexibility index (Phi) is 45.1. The predicted octanol–water partition coefficient (Wildman–Crippen LogP) is 13.7. The topological polar surface area (TPSA) is 111 Å². The second-order valence-electron chi connectivity index (χ2n) is 19.5. The van der Waals surface area contributed by atoms with Crippen molar-refractivity contribution in [3.63, 3.8) is 0 Å². The van der Waals surface area contributed by atoms with Crippen LogP contribution in [0.2, 0.25) is 0 Å². The van der Waals surface area contributed by atoms with E-state index < -0.39 is 24.3 Å². The first kappa shape index (κ1) is 61.0. The van der Waals surface area contributed by atoms with Gasteiger partial charge in [-0.25, -0.2) is 0 Å². The number of rotatable bonds is 50. The van der Waals surface area contributed by atoms with Gasteiger partial charge in [0.25, 0.3) is 0 Å². The highest BCUT2D eigenvalue weighted by molar-refractivity contribution is 5.70. The van der Waals surface area contributed by atoms with Gasteiger partial charge in [-0.2, -0.15) is 0 Å². The lowest BCUT2D eigenvalue weighted by Gasteiger charge is -2.26. The smallest absolute Gasteiger partial charge is 0.306 e. The lowest BCUT2D eigenvalue weighted by molar-refractivity contribution is -0.870. The van der Waals surface area contributed by atoms with Crippen molar-refractivity contribution < 1.29 is 42.9 Å². The second kappa shape index (κ2) is 46.6. The van der Waals surface area contributed by atoms with E-state index in [1.54, 1.807) is 0 Å². The number of carbonyl (C=O) groups is 3. The summed E-state index contributed by atoms with van der Waals surface area (Å²) in [5, 5.41) is 11.7. The predicted molar refractivity (Wildman–Crippen MR) is 260 cm³/mol. The molecular formula is C54H103NO8. The number of carbonyl (C=O) groups excluding carboxylic acids is 3. The molecule has 0 fully saturated rings. The summed E-state index contributed by atoms with van der Waals surface area (Å²) in [5.74, 6) is -2.27. The standard InChI is InChI=1S/C54H103NO8/c1-6-8-10-12-14-16-18-19-20-21-22-23-24-25-26-27-28-29-30-31-32-33-35-37-39-41-43-45-52(57)63-50(49-62-54(53(58)59)60-47-46-55(3,4)5)48-61-51(56)44-42-40-38-36-34-17-15-13-11-9-7-2/h21-22,50,54H,6-20,23-49H2,1-5H3/b22-21-. The molecule has 9 nitrogen and oxygen atoms in total. The molecule has 0 aromatic rings. The van der Waals surface area contributed by atoms with E-state index in [0.717, 1.165) is 38.5 Å². The summed E-state index contributed by atoms with van der Waals surface area (Å²) in [6.45, 7) is 4.77. The number of quaternary nitrogens is 1. The first-order chi connectivity index (χ1) is 30.6. The van der Waals surface area contributed by atoms with Gasteiger partial charge in [0.05, 0.1) is 40.3 Å². The molecule has 0 saturated heterocycles. The van der Waals surface area contributed by atoms with Gasteiger partial charge in [-0.3, -0.25) is 9.59 Å². The van der Waals surface area contributed by atoms with Crippen molar-refractivity contribution in [3.05, 3.63) is 12.2 Å². The van der Waals surface area contributed by atoms with Crippen LogP contribution in [0.25, 0.3) is 0 Å². The Morgan fingerprint density at radius 2 is 0.810 bits per heavy atom. The maximum Gasteiger partial charge on any atom is 0.306 e. The number of esters is 2. The zero-order valence-corrected chi connectivity index (χ0v) is 42.2. The number of nitrogens with zero attached hydrogens (tertiary/aromatic N) is 1. The normalized spacial score (nSPS) is 12.8. The average molecular weight is 894 g/mol. The molecule has 0 spiro atoms. The SMILES string of the molecule is CCCCCCCCCC/C=C\CCCCCCCCCCCCCCCCCC(=O)OC(COC(=O)CCCCCCCCCCCCC)COC(OCC[N+](C)(C)C)C(=O)[O-]. The number of hydrogen-bond donors (Lipinski definition) is 0. The molecule has 2 unspecified atom stereocenters. The maximum absolute atomic E-state index is 12.8. The van der Waals surface area contributed by atoms with E-state index in [4.69, 9.17) is 18.9 Å². The van der Waals surface area contributed by atoms with Gasteiger partial charge in [0, 0.05) is 12.8 Å². The fourth-order valence-electron chi connectivity index (χ4n) is 7.83. The van der Waals surface area contributed by atoms with Crippen molar-refractivity contribution in [3.8, 4) is 0 Å². The van der Waals surface area contributed by atoms with Crippen LogP contribution in [0.1, 0.15) is 258 Å². The fraction of sp³-hybridized carbons (Fsp3) is 0.907. The van der Waals surface area contributed by atoms with Crippen LogP contribution in [0.15, 0.2) is 12.2 Å². The molecule has 0 aliphatic rings. The number of ether oxygens (including phenoxy) is 4. The molecule has 0 N–H and O–H groups in total. The highest BCUT2D eigenvalue weighted by atomic mass is 16.7. The van der Waals surface area contributed by atoms with Crippen LogP contribution < -0.4 is 5.11 Å². The highest BCUT2D eigenvalue weighted by Crippen LogP contribution is 2.16. The Balaban J connectivity index is 4.14. The van der Waals surface area contributed by atoms with Gasteiger partial charge in [-0.15, -0.1) is 0 Å². The molecule has 9 heteroatoms. The molecular weight excluding hydrogens is 791 g/mol. The van der Waals surface area contributed by atoms with Gasteiger partial charge in [0.15, 0.2) is 12.4 Å². The minimum Gasteiger partial charge on any atom is -0.545 e. The number of likely N-dealkylation sites (N-methyl/N-ethyl adjacent to an activating group) is 1. The lowest BCUT2D eigenvalue weighted by atomic mass is 10.0. The van der Waals surface area contributed by atoms with Crippen LogP contribution >= 0.6 is 0 Å². The van der Waals surface area contributed by atoms with Gasteiger partial charge >= 0.3 is 11.9 Å². The summed E-state index contributed by atoms with van der Waals surface area (Å²) in [4.78, 5) is 37.1. The molecule has 2 atom stereocenters. The van der Waals surface area contributed by atoms with Gasteiger partial charge < -0.3 is 33.3 Å². The van der Waals surface area contributed by atoms with E-state index in [2.05, 4.69) is 26.0 Å². The molecule has 0 aromatic carbocycles. The minimum absolute atomic E-state index is 0.152. The monoisotopic (exact) mass is 894 g/mol. The quantitative estimate of drug-likeness (QED) is 0.0195. The molecule has 63 heavy (non-hydrogen) atoms. The fourth-order valence-corrected chi connectivity index (χ4v) is 7.83. The Bertz CT molecular complexity index is 1040. The van der Waals surface area contributed by atoms with Crippen LogP contribution in [0.5, 0.6) is 0 Å². The van der Waals surface area contributed by atoms with Crippen molar-refractivity contribution in [2.75, 3.05) is 47.5 Å². The third-order valence-corrected chi connectivity index (χ3v) is 12.0. The van der Waals surface area contributed by atoms with E-state index in [1.165, 1.54) is 193 Å². The molecule has 0 saturated carbocycles. The van der Waals surface area contributed by atoms with Gasteiger partial charge in [-0.1, -0.05) is 219 Å². The summed E-state index contributed by atoms with van der Waals surface area (Å²) in [7, 11) is 5.92. The first-order valence-corrected chi connectivity index (χ1v) is 26.8. The van der Waals surface area contributed by atoms with E-state index in [-0.39, 0.29) is 32.2 Å². The maximum atomic E-state index is 12.8. The molecule has 0 rings (SSSR count). The highest BCUT2D eigenvalue weighted by Gasteiger charge is 2.22. The zero-order chi connectivity index (χ0) is 46.3. The van der Waals surface area contributed by atoms with Crippen molar-refractivity contribution in [1.29, 1.82) is 0 Å². The molecule has 0 bridgehead atoms. The molecule has 372 valence electrons. The Morgan fingerprint density at radius 3 is 1.17 bits per heavy atom. The van der Waals surface area contributed by atoms with Crippen LogP contribution in [0.4, 0.5) is 0 Å². The number of aliphatic carboxylic acids is 1. The van der Waals surface area contributed by atoms with Crippen molar-refractivity contribution >= 4 is 17.9 Å². The van der Waals surface area contributed by atoms with Crippen LogP contribution in [0.3, 0.4) is 0 Å². The van der Waals surface area contributed by atoms with Gasteiger partial charge in [-0.05, 0) is 38.5 Å². The van der Waals surface area contributed by atoms with Crippen molar-refractivity contribution in [2.45, 2.75) is 270 Å². The third kappa shape index (κ3) is 47.8. The molecule has 0 aliphatic carbocycles. The van der Waals surface area contributed by atoms with Crippen LogP contribution in [0, 0.1) is 0 Å².